The van der Waals surface area contributed by atoms with E-state index >= 15 is 0 Å². The van der Waals surface area contributed by atoms with Crippen molar-refractivity contribution < 1.29 is 4.74 Å². The molecule has 1 aliphatic rings. The van der Waals surface area contributed by atoms with Crippen LogP contribution in [0.3, 0.4) is 0 Å². The Kier molecular flexibility index (Phi) is 3.42. The van der Waals surface area contributed by atoms with Crippen LogP contribution in [0.2, 0.25) is 0 Å². The van der Waals surface area contributed by atoms with Gasteiger partial charge in [-0.05, 0) is 30.4 Å². The molecular formula is C14H20O. The van der Waals surface area contributed by atoms with Crippen molar-refractivity contribution in [1.29, 1.82) is 0 Å². The molecule has 0 amide bonds. The Morgan fingerprint density at radius 2 is 2.07 bits per heavy atom. The molecule has 0 saturated carbocycles. The zero-order chi connectivity index (χ0) is 10.7. The highest BCUT2D eigenvalue weighted by atomic mass is 16.5. The largest absolute Gasteiger partial charge is 0.381 e. The second-order valence-corrected chi connectivity index (χ2v) is 4.60. The number of rotatable bonds is 4. The van der Waals surface area contributed by atoms with Crippen molar-refractivity contribution in [2.75, 3.05) is 13.2 Å². The van der Waals surface area contributed by atoms with Crippen LogP contribution in [0.1, 0.15) is 24.5 Å². The summed E-state index contributed by atoms with van der Waals surface area (Å²) in [5.41, 5.74) is 2.94. The Balaban J connectivity index is 2.02. The van der Waals surface area contributed by atoms with Gasteiger partial charge in [-0.15, -0.1) is 0 Å². The lowest BCUT2D eigenvalue weighted by Gasteiger charge is -2.33. The highest BCUT2D eigenvalue weighted by molar-refractivity contribution is 5.26. The summed E-state index contributed by atoms with van der Waals surface area (Å²) < 4.78 is 5.29. The molecule has 0 radical (unpaired) electrons. The van der Waals surface area contributed by atoms with E-state index in [1.54, 1.807) is 0 Å². The van der Waals surface area contributed by atoms with Crippen LogP contribution in [-0.2, 0) is 11.2 Å². The maximum absolute atomic E-state index is 5.29. The van der Waals surface area contributed by atoms with E-state index in [1.807, 2.05) is 0 Å². The van der Waals surface area contributed by atoms with Gasteiger partial charge in [-0.2, -0.15) is 0 Å². The molecule has 15 heavy (non-hydrogen) atoms. The minimum absolute atomic E-state index is 0.801. The molecule has 1 nitrogen and oxygen atoms in total. The fraction of sp³-hybridized carbons (Fsp3) is 0.571. The number of ether oxygens (including phenoxy) is 1. The molecule has 1 atom stereocenters. The summed E-state index contributed by atoms with van der Waals surface area (Å²) in [5.74, 6) is 1.61. The second kappa shape index (κ2) is 4.80. The van der Waals surface area contributed by atoms with Crippen molar-refractivity contribution in [1.82, 2.24) is 0 Å². The number of aryl methyl sites for hydroxylation is 1. The molecule has 0 N–H and O–H groups in total. The Labute approximate surface area is 92.5 Å². The van der Waals surface area contributed by atoms with Crippen molar-refractivity contribution >= 4 is 0 Å². The lowest BCUT2D eigenvalue weighted by Crippen LogP contribution is -2.35. The molecule has 0 aromatic heterocycles. The van der Waals surface area contributed by atoms with E-state index in [-0.39, 0.29) is 0 Å². The first-order valence-corrected chi connectivity index (χ1v) is 5.93. The molecule has 82 valence electrons. The Bertz CT molecular complexity index is 315. The minimum atomic E-state index is 0.801. The Morgan fingerprint density at radius 1 is 1.33 bits per heavy atom. The molecule has 0 spiro atoms. The first-order valence-electron chi connectivity index (χ1n) is 5.93. The molecular weight excluding hydrogens is 184 g/mol. The van der Waals surface area contributed by atoms with Gasteiger partial charge in [0.15, 0.2) is 0 Å². The van der Waals surface area contributed by atoms with Gasteiger partial charge in [-0.1, -0.05) is 37.6 Å². The van der Waals surface area contributed by atoms with Gasteiger partial charge in [-0.3, -0.25) is 0 Å². The zero-order valence-electron chi connectivity index (χ0n) is 9.70. The van der Waals surface area contributed by atoms with Gasteiger partial charge >= 0.3 is 0 Å². The fourth-order valence-corrected chi connectivity index (χ4v) is 2.29. The summed E-state index contributed by atoms with van der Waals surface area (Å²) in [7, 11) is 0. The van der Waals surface area contributed by atoms with Gasteiger partial charge in [-0.25, -0.2) is 0 Å². The summed E-state index contributed by atoms with van der Waals surface area (Å²) in [6, 6.07) is 8.73. The lowest BCUT2D eigenvalue weighted by molar-refractivity contribution is -0.0613. The van der Waals surface area contributed by atoms with Gasteiger partial charge in [0.25, 0.3) is 0 Å². The fourth-order valence-electron chi connectivity index (χ4n) is 2.29. The van der Waals surface area contributed by atoms with Crippen molar-refractivity contribution in [3.05, 3.63) is 35.4 Å². The quantitative estimate of drug-likeness (QED) is 0.731. The minimum Gasteiger partial charge on any atom is -0.381 e. The normalized spacial score (nSPS) is 18.5. The molecule has 0 aliphatic carbocycles. The van der Waals surface area contributed by atoms with Crippen molar-refractivity contribution in [3.8, 4) is 0 Å². The second-order valence-electron chi connectivity index (χ2n) is 4.60. The third kappa shape index (κ3) is 2.40. The molecule has 0 bridgehead atoms. The molecule has 1 aromatic rings. The third-order valence-electron chi connectivity index (χ3n) is 3.60. The first-order chi connectivity index (χ1) is 7.31. The number of hydrogen-bond donors (Lipinski definition) is 0. The van der Waals surface area contributed by atoms with E-state index in [4.69, 9.17) is 4.74 Å². The molecule has 1 saturated heterocycles. The van der Waals surface area contributed by atoms with Crippen LogP contribution in [0, 0.1) is 18.8 Å². The molecule has 1 heteroatoms. The van der Waals surface area contributed by atoms with Crippen molar-refractivity contribution in [2.24, 2.45) is 11.8 Å². The molecule has 2 rings (SSSR count). The monoisotopic (exact) mass is 204 g/mol. The molecule has 1 aromatic carbocycles. The van der Waals surface area contributed by atoms with Gasteiger partial charge in [0.2, 0.25) is 0 Å². The Morgan fingerprint density at radius 3 is 2.60 bits per heavy atom. The SMILES string of the molecule is CCC(Cc1ccccc1C)C1COC1. The van der Waals surface area contributed by atoms with E-state index in [2.05, 4.69) is 38.1 Å². The number of benzene rings is 1. The maximum atomic E-state index is 5.29. The lowest BCUT2D eigenvalue weighted by atomic mass is 9.83. The summed E-state index contributed by atoms with van der Waals surface area (Å²) in [6.45, 7) is 6.45. The maximum Gasteiger partial charge on any atom is 0.0519 e. The molecule has 1 heterocycles. The van der Waals surface area contributed by atoms with E-state index in [0.717, 1.165) is 25.0 Å². The summed E-state index contributed by atoms with van der Waals surface area (Å²) >= 11 is 0. The predicted octanol–water partition coefficient (Wildman–Crippen LogP) is 3.21. The summed E-state index contributed by atoms with van der Waals surface area (Å²) in [4.78, 5) is 0. The summed E-state index contributed by atoms with van der Waals surface area (Å²) in [5, 5.41) is 0. The predicted molar refractivity (Wildman–Crippen MR) is 63.0 cm³/mol. The summed E-state index contributed by atoms with van der Waals surface area (Å²) in [6.07, 6.45) is 2.49. The highest BCUT2D eigenvalue weighted by Gasteiger charge is 2.27. The van der Waals surface area contributed by atoms with Crippen molar-refractivity contribution in [3.63, 3.8) is 0 Å². The van der Waals surface area contributed by atoms with Crippen LogP contribution >= 0.6 is 0 Å². The van der Waals surface area contributed by atoms with Gasteiger partial charge < -0.3 is 4.74 Å². The van der Waals surface area contributed by atoms with E-state index in [9.17, 15) is 0 Å². The molecule has 1 aliphatic heterocycles. The zero-order valence-corrected chi connectivity index (χ0v) is 9.70. The van der Waals surface area contributed by atoms with Crippen LogP contribution in [0.4, 0.5) is 0 Å². The van der Waals surface area contributed by atoms with Crippen LogP contribution in [-0.4, -0.2) is 13.2 Å². The average molecular weight is 204 g/mol. The van der Waals surface area contributed by atoms with Gasteiger partial charge in [0.05, 0.1) is 13.2 Å². The number of hydrogen-bond acceptors (Lipinski definition) is 1. The van der Waals surface area contributed by atoms with Crippen molar-refractivity contribution in [2.45, 2.75) is 26.7 Å². The molecule has 1 unspecified atom stereocenters. The Hall–Kier alpha value is -0.820. The van der Waals surface area contributed by atoms with Crippen LogP contribution in [0.25, 0.3) is 0 Å². The van der Waals surface area contributed by atoms with E-state index < -0.39 is 0 Å². The standard InChI is InChI=1S/C14H20O/c1-3-12(14-9-15-10-14)8-13-7-5-4-6-11(13)2/h4-7,12,14H,3,8-10H2,1-2H3. The average Bonchev–Trinajstić information content (AvgIpc) is 2.17. The van der Waals surface area contributed by atoms with Gasteiger partial charge in [0.1, 0.15) is 0 Å². The third-order valence-corrected chi connectivity index (χ3v) is 3.60. The highest BCUT2D eigenvalue weighted by Crippen LogP contribution is 2.27. The van der Waals surface area contributed by atoms with E-state index in [0.29, 0.717) is 0 Å². The van der Waals surface area contributed by atoms with Crippen LogP contribution < -0.4 is 0 Å². The van der Waals surface area contributed by atoms with Crippen LogP contribution in [0.15, 0.2) is 24.3 Å². The smallest absolute Gasteiger partial charge is 0.0519 e. The van der Waals surface area contributed by atoms with Gasteiger partial charge in [0, 0.05) is 5.92 Å². The molecule has 1 fully saturated rings. The van der Waals surface area contributed by atoms with E-state index in [1.165, 1.54) is 24.0 Å². The first kappa shape index (κ1) is 10.7. The van der Waals surface area contributed by atoms with Crippen LogP contribution in [0.5, 0.6) is 0 Å². The topological polar surface area (TPSA) is 9.23 Å².